The van der Waals surface area contributed by atoms with Gasteiger partial charge in [-0.15, -0.1) is 17.7 Å². The molecule has 4 heteroatoms. The van der Waals surface area contributed by atoms with Gasteiger partial charge in [0.1, 0.15) is 0 Å². The lowest BCUT2D eigenvalue weighted by Gasteiger charge is -1.90. The highest BCUT2D eigenvalue weighted by Crippen LogP contribution is 2.06. The van der Waals surface area contributed by atoms with Gasteiger partial charge in [-0.2, -0.15) is 0 Å². The van der Waals surface area contributed by atoms with Gasteiger partial charge in [-0.05, 0) is 12.1 Å². The van der Waals surface area contributed by atoms with Crippen LogP contribution in [0.4, 0.5) is 0 Å². The second kappa shape index (κ2) is 1.98. The summed E-state index contributed by atoms with van der Waals surface area (Å²) >= 11 is 4.15. The number of fused-ring (bicyclic) bond motifs is 1. The Labute approximate surface area is 63.1 Å². The van der Waals surface area contributed by atoms with Gasteiger partial charge in [-0.25, -0.2) is 4.52 Å². The Kier molecular flexibility index (Phi) is 1.14. The van der Waals surface area contributed by atoms with Crippen LogP contribution in [0.2, 0.25) is 0 Å². The predicted molar refractivity (Wildman–Crippen MR) is 40.2 cm³/mol. The van der Waals surface area contributed by atoms with Crippen molar-refractivity contribution in [3.63, 3.8) is 0 Å². The third-order valence-electron chi connectivity index (χ3n) is 1.28. The maximum atomic E-state index is 4.15. The summed E-state index contributed by atoms with van der Waals surface area (Å²) in [5.41, 5.74) is 0.984. The summed E-state index contributed by atoms with van der Waals surface area (Å²) in [4.78, 5) is 0.887. The first kappa shape index (κ1) is 5.73. The molecule has 0 saturated heterocycles. The number of hydrogen-bond acceptors (Lipinski definition) is 3. The molecule has 0 aliphatic carbocycles. The van der Waals surface area contributed by atoms with Gasteiger partial charge in [-0.3, -0.25) is 0 Å². The lowest BCUT2D eigenvalue weighted by molar-refractivity contribution is 0.845. The molecule has 2 aromatic rings. The van der Waals surface area contributed by atoms with E-state index < -0.39 is 0 Å². The van der Waals surface area contributed by atoms with E-state index in [1.165, 1.54) is 0 Å². The molecule has 0 saturated carbocycles. The van der Waals surface area contributed by atoms with Crippen LogP contribution in [0.3, 0.4) is 0 Å². The maximum absolute atomic E-state index is 4.15. The summed E-state index contributed by atoms with van der Waals surface area (Å²) < 4.78 is 1.68. The van der Waals surface area contributed by atoms with E-state index in [-0.39, 0.29) is 0 Å². The van der Waals surface area contributed by atoms with Gasteiger partial charge in [0.15, 0.2) is 0 Å². The summed E-state index contributed by atoms with van der Waals surface area (Å²) in [7, 11) is 0. The van der Waals surface area contributed by atoms with Crippen molar-refractivity contribution in [1.82, 2.24) is 14.8 Å². The van der Waals surface area contributed by atoms with E-state index in [0.717, 1.165) is 10.4 Å². The van der Waals surface area contributed by atoms with Crippen LogP contribution in [0.25, 0.3) is 5.52 Å². The normalized spacial score (nSPS) is 10.5. The largest absolute Gasteiger partial charge is 0.220 e. The van der Waals surface area contributed by atoms with Crippen molar-refractivity contribution in [3.8, 4) is 0 Å². The first-order chi connectivity index (χ1) is 4.86. The van der Waals surface area contributed by atoms with E-state index in [9.17, 15) is 0 Å². The van der Waals surface area contributed by atoms with E-state index in [1.807, 2.05) is 18.3 Å². The molecule has 0 aliphatic heterocycles. The maximum Gasteiger partial charge on any atom is 0.0865 e. The van der Waals surface area contributed by atoms with Crippen LogP contribution in [0.1, 0.15) is 0 Å². The van der Waals surface area contributed by atoms with Crippen LogP contribution in [0.5, 0.6) is 0 Å². The smallest absolute Gasteiger partial charge is 0.0865 e. The highest BCUT2D eigenvalue weighted by atomic mass is 32.1. The molecular formula is C6H5N3S. The molecule has 0 bridgehead atoms. The molecular weight excluding hydrogens is 146 g/mol. The average molecular weight is 151 g/mol. The van der Waals surface area contributed by atoms with E-state index >= 15 is 0 Å². The van der Waals surface area contributed by atoms with Crippen LogP contribution in [-0.2, 0) is 0 Å². The van der Waals surface area contributed by atoms with Gasteiger partial charge in [0.25, 0.3) is 0 Å². The van der Waals surface area contributed by atoms with Crippen molar-refractivity contribution in [1.29, 1.82) is 0 Å². The molecule has 2 rings (SSSR count). The molecule has 0 aliphatic rings. The molecule has 2 heterocycles. The molecule has 0 unspecified atom stereocenters. The van der Waals surface area contributed by atoms with Gasteiger partial charge in [-0.1, -0.05) is 5.21 Å². The Morgan fingerprint density at radius 3 is 3.20 bits per heavy atom. The lowest BCUT2D eigenvalue weighted by Crippen LogP contribution is -1.85. The molecule has 0 N–H and O–H groups in total. The highest BCUT2D eigenvalue weighted by molar-refractivity contribution is 7.80. The number of pyridine rings is 1. The molecule has 2 aromatic heterocycles. The van der Waals surface area contributed by atoms with Crippen molar-refractivity contribution in [2.24, 2.45) is 0 Å². The molecule has 3 nitrogen and oxygen atoms in total. The van der Waals surface area contributed by atoms with E-state index in [1.54, 1.807) is 10.7 Å². The zero-order chi connectivity index (χ0) is 6.97. The van der Waals surface area contributed by atoms with Crippen LogP contribution >= 0.6 is 12.6 Å². The van der Waals surface area contributed by atoms with Gasteiger partial charge in [0.05, 0.1) is 11.7 Å². The molecule has 0 radical (unpaired) electrons. The minimum atomic E-state index is 0.887. The van der Waals surface area contributed by atoms with Crippen molar-refractivity contribution in [3.05, 3.63) is 24.5 Å². The molecule has 0 amide bonds. The number of hydrogen-bond donors (Lipinski definition) is 1. The Morgan fingerprint density at radius 1 is 1.40 bits per heavy atom. The van der Waals surface area contributed by atoms with E-state index in [2.05, 4.69) is 22.9 Å². The first-order valence-corrected chi connectivity index (χ1v) is 3.30. The fraction of sp³-hybridized carbons (Fsp3) is 0. The second-order valence-electron chi connectivity index (χ2n) is 1.99. The summed E-state index contributed by atoms with van der Waals surface area (Å²) in [5.74, 6) is 0. The average Bonchev–Trinajstić information content (AvgIpc) is 2.33. The Hall–Kier alpha value is -1.03. The fourth-order valence-electron chi connectivity index (χ4n) is 0.810. The third kappa shape index (κ3) is 0.769. The highest BCUT2D eigenvalue weighted by Gasteiger charge is 1.91. The molecule has 0 fully saturated rings. The Bertz CT molecular complexity index is 355. The SMILES string of the molecule is Sc1ccc2cnnn2c1. The fourth-order valence-corrected chi connectivity index (χ4v) is 0.994. The van der Waals surface area contributed by atoms with Crippen molar-refractivity contribution >= 4 is 18.1 Å². The first-order valence-electron chi connectivity index (χ1n) is 2.85. The standard InChI is InChI=1S/C6H5N3S/c10-6-2-1-5-3-7-8-9(5)4-6/h1-4,10H. The number of rotatable bonds is 0. The molecule has 10 heavy (non-hydrogen) atoms. The number of aromatic nitrogens is 3. The topological polar surface area (TPSA) is 30.2 Å². The quantitative estimate of drug-likeness (QED) is 0.570. The monoisotopic (exact) mass is 151 g/mol. The Morgan fingerprint density at radius 2 is 2.30 bits per heavy atom. The summed E-state index contributed by atoms with van der Waals surface area (Å²) in [6.07, 6.45) is 3.51. The van der Waals surface area contributed by atoms with Crippen molar-refractivity contribution < 1.29 is 0 Å². The summed E-state index contributed by atoms with van der Waals surface area (Å²) in [6.45, 7) is 0. The molecule has 0 spiro atoms. The van der Waals surface area contributed by atoms with Gasteiger partial charge in [0, 0.05) is 11.1 Å². The molecule has 50 valence electrons. The van der Waals surface area contributed by atoms with E-state index in [4.69, 9.17) is 0 Å². The van der Waals surface area contributed by atoms with Crippen LogP contribution in [0.15, 0.2) is 29.4 Å². The molecule has 0 aromatic carbocycles. The van der Waals surface area contributed by atoms with Crippen molar-refractivity contribution in [2.45, 2.75) is 4.90 Å². The van der Waals surface area contributed by atoms with Gasteiger partial charge < -0.3 is 0 Å². The summed E-state index contributed by atoms with van der Waals surface area (Å²) in [5, 5.41) is 7.52. The van der Waals surface area contributed by atoms with Crippen molar-refractivity contribution in [2.75, 3.05) is 0 Å². The summed E-state index contributed by atoms with van der Waals surface area (Å²) in [6, 6.07) is 3.82. The predicted octanol–water partition coefficient (Wildman–Crippen LogP) is 1.02. The van der Waals surface area contributed by atoms with Gasteiger partial charge in [0.2, 0.25) is 0 Å². The third-order valence-corrected chi connectivity index (χ3v) is 1.55. The zero-order valence-corrected chi connectivity index (χ0v) is 5.99. The minimum absolute atomic E-state index is 0.887. The minimum Gasteiger partial charge on any atom is -0.220 e. The van der Waals surface area contributed by atoms with Crippen LogP contribution < -0.4 is 0 Å². The van der Waals surface area contributed by atoms with Crippen LogP contribution in [0, 0.1) is 0 Å². The second-order valence-corrected chi connectivity index (χ2v) is 2.51. The number of thiol groups is 1. The Balaban J connectivity index is 2.86. The van der Waals surface area contributed by atoms with Gasteiger partial charge >= 0.3 is 0 Å². The van der Waals surface area contributed by atoms with E-state index in [0.29, 0.717) is 0 Å². The number of nitrogens with zero attached hydrogens (tertiary/aromatic N) is 3. The van der Waals surface area contributed by atoms with Crippen LogP contribution in [-0.4, -0.2) is 14.8 Å². The lowest BCUT2D eigenvalue weighted by atomic mass is 10.4. The molecule has 0 atom stereocenters. The zero-order valence-electron chi connectivity index (χ0n) is 5.10.